The lowest BCUT2D eigenvalue weighted by molar-refractivity contribution is -0.133. The Bertz CT molecular complexity index is 596. The molecular formula is C16H25NO4S. The Morgan fingerprint density at radius 1 is 1.32 bits per heavy atom. The zero-order valence-corrected chi connectivity index (χ0v) is 14.5. The molecule has 5 nitrogen and oxygen atoms in total. The number of carbonyl (C=O) groups is 1. The van der Waals surface area contributed by atoms with Crippen LogP contribution < -0.4 is 4.18 Å². The lowest BCUT2D eigenvalue weighted by Crippen LogP contribution is -2.36. The van der Waals surface area contributed by atoms with Gasteiger partial charge in [-0.2, -0.15) is 8.42 Å². The molecule has 0 aromatic heterocycles. The van der Waals surface area contributed by atoms with E-state index < -0.39 is 10.1 Å². The molecule has 1 aromatic rings. The van der Waals surface area contributed by atoms with Crippen LogP contribution in [0.4, 0.5) is 0 Å². The molecule has 124 valence electrons. The van der Waals surface area contributed by atoms with Crippen LogP contribution in [0.5, 0.6) is 5.75 Å². The summed E-state index contributed by atoms with van der Waals surface area (Å²) >= 11 is 0. The van der Waals surface area contributed by atoms with E-state index in [1.54, 1.807) is 23.1 Å². The highest BCUT2D eigenvalue weighted by atomic mass is 32.2. The first-order chi connectivity index (χ1) is 10.2. The molecule has 1 aromatic carbocycles. The second-order valence-electron chi connectivity index (χ2n) is 5.65. The van der Waals surface area contributed by atoms with Gasteiger partial charge in [0.05, 0.1) is 6.26 Å². The quantitative estimate of drug-likeness (QED) is 0.689. The van der Waals surface area contributed by atoms with Crippen molar-refractivity contribution in [1.29, 1.82) is 0 Å². The van der Waals surface area contributed by atoms with E-state index in [1.165, 1.54) is 0 Å². The molecule has 0 aliphatic rings. The molecule has 0 bridgehead atoms. The monoisotopic (exact) mass is 327 g/mol. The molecule has 0 atom stereocenters. The van der Waals surface area contributed by atoms with Crippen LogP contribution in [0, 0.1) is 0 Å². The average Bonchev–Trinajstić information content (AvgIpc) is 2.40. The van der Waals surface area contributed by atoms with E-state index >= 15 is 0 Å². The number of nitrogens with zero attached hydrogens (tertiary/aromatic N) is 1. The summed E-state index contributed by atoms with van der Waals surface area (Å²) in [4.78, 5) is 14.1. The van der Waals surface area contributed by atoms with Gasteiger partial charge in [-0.15, -0.1) is 0 Å². The van der Waals surface area contributed by atoms with E-state index in [0.29, 0.717) is 13.0 Å². The van der Waals surface area contributed by atoms with Crippen molar-refractivity contribution in [3.05, 3.63) is 29.8 Å². The zero-order chi connectivity index (χ0) is 16.8. The second kappa shape index (κ2) is 8.17. The average molecular weight is 327 g/mol. The van der Waals surface area contributed by atoms with Crippen LogP contribution in [0.1, 0.15) is 45.6 Å². The molecule has 1 rings (SSSR count). The standard InChI is InChI=1S/C16H25NO4S/c1-5-6-10-16(18)17(13(2)3)12-14-8-7-9-15(11-14)21-22(4,19)20/h7-9,11,13H,5-6,10,12H2,1-4H3. The highest BCUT2D eigenvalue weighted by Crippen LogP contribution is 2.18. The van der Waals surface area contributed by atoms with Crippen molar-refractivity contribution in [1.82, 2.24) is 4.90 Å². The van der Waals surface area contributed by atoms with Crippen LogP contribution in [-0.4, -0.2) is 31.5 Å². The molecule has 1 amide bonds. The summed E-state index contributed by atoms with van der Waals surface area (Å²) in [5.74, 6) is 0.385. The van der Waals surface area contributed by atoms with Gasteiger partial charge in [0.25, 0.3) is 0 Å². The predicted molar refractivity (Wildman–Crippen MR) is 87.1 cm³/mol. The molecule has 0 saturated heterocycles. The van der Waals surface area contributed by atoms with Gasteiger partial charge in [-0.25, -0.2) is 0 Å². The summed E-state index contributed by atoms with van der Waals surface area (Å²) in [7, 11) is -3.55. The summed E-state index contributed by atoms with van der Waals surface area (Å²) in [6.07, 6.45) is 3.40. The van der Waals surface area contributed by atoms with E-state index in [9.17, 15) is 13.2 Å². The van der Waals surface area contributed by atoms with Crippen molar-refractivity contribution in [2.45, 2.75) is 52.6 Å². The van der Waals surface area contributed by atoms with E-state index in [1.807, 2.05) is 19.9 Å². The number of benzene rings is 1. The molecule has 0 saturated carbocycles. The third kappa shape index (κ3) is 6.47. The Kier molecular flexibility index (Phi) is 6.87. The molecule has 0 radical (unpaired) electrons. The molecule has 0 aliphatic carbocycles. The van der Waals surface area contributed by atoms with Gasteiger partial charge in [-0.3, -0.25) is 4.79 Å². The normalized spacial score (nSPS) is 11.5. The van der Waals surface area contributed by atoms with Gasteiger partial charge in [0.2, 0.25) is 5.91 Å². The summed E-state index contributed by atoms with van der Waals surface area (Å²) < 4.78 is 27.2. The Morgan fingerprint density at radius 2 is 2.00 bits per heavy atom. The van der Waals surface area contributed by atoms with E-state index in [2.05, 4.69) is 6.92 Å². The van der Waals surface area contributed by atoms with Gasteiger partial charge < -0.3 is 9.08 Å². The number of carbonyl (C=O) groups excluding carboxylic acids is 1. The smallest absolute Gasteiger partial charge is 0.306 e. The van der Waals surface area contributed by atoms with E-state index in [0.717, 1.165) is 24.7 Å². The van der Waals surface area contributed by atoms with Gasteiger partial charge in [0.1, 0.15) is 5.75 Å². The molecule has 0 unspecified atom stereocenters. The van der Waals surface area contributed by atoms with Gasteiger partial charge in [-0.1, -0.05) is 25.5 Å². The van der Waals surface area contributed by atoms with Crippen LogP contribution in [0.15, 0.2) is 24.3 Å². The first-order valence-electron chi connectivity index (χ1n) is 7.50. The Labute approximate surface area is 133 Å². The SMILES string of the molecule is CCCCC(=O)N(Cc1cccc(OS(C)(=O)=O)c1)C(C)C. The minimum Gasteiger partial charge on any atom is -0.383 e. The molecular weight excluding hydrogens is 302 g/mol. The molecule has 6 heteroatoms. The summed E-state index contributed by atoms with van der Waals surface area (Å²) in [6, 6.07) is 6.92. The summed E-state index contributed by atoms with van der Waals surface area (Å²) in [6.45, 7) is 6.45. The molecule has 0 aliphatic heterocycles. The maximum Gasteiger partial charge on any atom is 0.306 e. The number of hydrogen-bond donors (Lipinski definition) is 0. The molecule has 0 fully saturated rings. The van der Waals surface area contributed by atoms with Crippen molar-refractivity contribution >= 4 is 16.0 Å². The largest absolute Gasteiger partial charge is 0.383 e. The third-order valence-electron chi connectivity index (χ3n) is 3.19. The third-order valence-corrected chi connectivity index (χ3v) is 3.68. The van der Waals surface area contributed by atoms with E-state index in [4.69, 9.17) is 4.18 Å². The number of unbranched alkanes of at least 4 members (excludes halogenated alkanes) is 1. The van der Waals surface area contributed by atoms with E-state index in [-0.39, 0.29) is 17.7 Å². The Hall–Kier alpha value is -1.56. The van der Waals surface area contributed by atoms with Crippen LogP contribution in [0.3, 0.4) is 0 Å². The van der Waals surface area contributed by atoms with Gasteiger partial charge >= 0.3 is 10.1 Å². The first-order valence-corrected chi connectivity index (χ1v) is 9.32. The summed E-state index contributed by atoms with van der Waals surface area (Å²) in [5.41, 5.74) is 0.847. The number of amides is 1. The maximum atomic E-state index is 12.3. The van der Waals surface area contributed by atoms with Crippen molar-refractivity contribution in [3.8, 4) is 5.75 Å². The fourth-order valence-corrected chi connectivity index (χ4v) is 2.55. The van der Waals surface area contributed by atoms with Crippen LogP contribution >= 0.6 is 0 Å². The van der Waals surface area contributed by atoms with Crippen molar-refractivity contribution < 1.29 is 17.4 Å². The fourth-order valence-electron chi connectivity index (χ4n) is 2.10. The van der Waals surface area contributed by atoms with Crippen LogP contribution in [0.2, 0.25) is 0 Å². The topological polar surface area (TPSA) is 63.7 Å². The van der Waals surface area contributed by atoms with Crippen molar-refractivity contribution in [2.75, 3.05) is 6.26 Å². The maximum absolute atomic E-state index is 12.3. The molecule has 0 heterocycles. The van der Waals surface area contributed by atoms with Crippen LogP contribution in [-0.2, 0) is 21.5 Å². The van der Waals surface area contributed by atoms with Gasteiger partial charge in [0, 0.05) is 19.0 Å². The lowest BCUT2D eigenvalue weighted by Gasteiger charge is -2.27. The van der Waals surface area contributed by atoms with Gasteiger partial charge in [-0.05, 0) is 38.0 Å². The van der Waals surface area contributed by atoms with Crippen LogP contribution in [0.25, 0.3) is 0 Å². The van der Waals surface area contributed by atoms with Crippen molar-refractivity contribution in [3.63, 3.8) is 0 Å². The second-order valence-corrected chi connectivity index (χ2v) is 7.23. The highest BCUT2D eigenvalue weighted by molar-refractivity contribution is 7.86. The summed E-state index contributed by atoms with van der Waals surface area (Å²) in [5, 5.41) is 0. The first kappa shape index (κ1) is 18.5. The zero-order valence-electron chi connectivity index (χ0n) is 13.7. The fraction of sp³-hybridized carbons (Fsp3) is 0.562. The van der Waals surface area contributed by atoms with Gasteiger partial charge in [0.15, 0.2) is 0 Å². The number of hydrogen-bond acceptors (Lipinski definition) is 4. The minimum absolute atomic E-state index is 0.0869. The molecule has 22 heavy (non-hydrogen) atoms. The minimum atomic E-state index is -3.55. The predicted octanol–water partition coefficient (Wildman–Crippen LogP) is 2.95. The Morgan fingerprint density at radius 3 is 2.55 bits per heavy atom. The van der Waals surface area contributed by atoms with Crippen molar-refractivity contribution in [2.24, 2.45) is 0 Å². The molecule has 0 spiro atoms. The Balaban J connectivity index is 2.85. The highest BCUT2D eigenvalue weighted by Gasteiger charge is 2.17. The molecule has 0 N–H and O–H groups in total. The number of rotatable bonds is 8. The lowest BCUT2D eigenvalue weighted by atomic mass is 10.1.